The van der Waals surface area contributed by atoms with Crippen molar-refractivity contribution >= 4 is 54.5 Å². The van der Waals surface area contributed by atoms with Crippen LogP contribution >= 0.6 is 0 Å². The van der Waals surface area contributed by atoms with E-state index in [9.17, 15) is 5.26 Å². The number of aromatic nitrogens is 4. The van der Waals surface area contributed by atoms with Gasteiger partial charge in [-0.25, -0.2) is 9.97 Å². The van der Waals surface area contributed by atoms with Gasteiger partial charge in [0.1, 0.15) is 0 Å². The minimum atomic E-state index is 0.572. The summed E-state index contributed by atoms with van der Waals surface area (Å²) in [7, 11) is 0. The van der Waals surface area contributed by atoms with Crippen molar-refractivity contribution in [1.29, 1.82) is 5.26 Å². The van der Waals surface area contributed by atoms with Crippen molar-refractivity contribution in [1.82, 2.24) is 19.1 Å². The average Bonchev–Trinajstić information content (AvgIpc) is 3.71. The second-order valence-electron chi connectivity index (χ2n) is 12.5. The van der Waals surface area contributed by atoms with Crippen molar-refractivity contribution in [2.45, 2.75) is 0 Å². The van der Waals surface area contributed by atoms with Gasteiger partial charge in [0, 0.05) is 49.4 Å². The second-order valence-corrected chi connectivity index (χ2v) is 12.5. The van der Waals surface area contributed by atoms with Crippen molar-refractivity contribution < 1.29 is 0 Å². The molecule has 0 unspecified atom stereocenters. The van der Waals surface area contributed by atoms with Gasteiger partial charge in [-0.15, -0.1) is 0 Å². The number of hydrogen-bond donors (Lipinski definition) is 0. The van der Waals surface area contributed by atoms with Crippen LogP contribution < -0.4 is 0 Å². The van der Waals surface area contributed by atoms with E-state index in [4.69, 9.17) is 9.97 Å². The molecule has 0 saturated carbocycles. The molecule has 0 spiro atoms. The summed E-state index contributed by atoms with van der Waals surface area (Å²) in [5.74, 6) is 0.632. The van der Waals surface area contributed by atoms with E-state index in [1.54, 1.807) is 0 Å². The van der Waals surface area contributed by atoms with Gasteiger partial charge in [-0.3, -0.25) is 0 Å². The molecule has 3 aromatic heterocycles. The molecule has 3 heterocycles. The zero-order valence-corrected chi connectivity index (χ0v) is 26.8. The molecule has 0 aliphatic rings. The average molecular weight is 638 g/mol. The largest absolute Gasteiger partial charge is 0.309 e. The minimum Gasteiger partial charge on any atom is -0.309 e. The monoisotopic (exact) mass is 637 g/mol. The van der Waals surface area contributed by atoms with E-state index in [1.165, 1.54) is 32.6 Å². The smallest absolute Gasteiger partial charge is 0.160 e. The summed E-state index contributed by atoms with van der Waals surface area (Å²) in [4.78, 5) is 9.95. The highest BCUT2D eigenvalue weighted by atomic mass is 15.0. The number of para-hydroxylation sites is 3. The van der Waals surface area contributed by atoms with E-state index in [2.05, 4.69) is 130 Å². The summed E-state index contributed by atoms with van der Waals surface area (Å²) in [5.41, 5.74) is 11.0. The van der Waals surface area contributed by atoms with Gasteiger partial charge in [0.15, 0.2) is 5.82 Å². The first-order valence-corrected chi connectivity index (χ1v) is 16.7. The maximum atomic E-state index is 9.61. The lowest BCUT2D eigenvalue weighted by atomic mass is 10.0. The molecular formula is C45H27N5. The van der Waals surface area contributed by atoms with Gasteiger partial charge in [-0.2, -0.15) is 5.26 Å². The third kappa shape index (κ3) is 4.19. The van der Waals surface area contributed by atoms with Gasteiger partial charge in [-0.1, -0.05) is 103 Å². The van der Waals surface area contributed by atoms with Crippen molar-refractivity contribution in [2.75, 3.05) is 0 Å². The van der Waals surface area contributed by atoms with E-state index in [0.717, 1.165) is 50.1 Å². The molecule has 0 amide bonds. The maximum Gasteiger partial charge on any atom is 0.160 e. The van der Waals surface area contributed by atoms with E-state index in [1.807, 2.05) is 48.5 Å². The van der Waals surface area contributed by atoms with Gasteiger partial charge in [0.25, 0.3) is 0 Å². The fraction of sp³-hybridized carbons (Fsp3) is 0. The fourth-order valence-corrected chi connectivity index (χ4v) is 7.54. The van der Waals surface area contributed by atoms with Crippen LogP contribution in [0.1, 0.15) is 5.56 Å². The van der Waals surface area contributed by atoms with Crippen LogP contribution in [0.4, 0.5) is 0 Å². The zero-order valence-electron chi connectivity index (χ0n) is 26.8. The van der Waals surface area contributed by atoms with E-state index in [-0.39, 0.29) is 0 Å². The fourth-order valence-electron chi connectivity index (χ4n) is 7.54. The third-order valence-corrected chi connectivity index (χ3v) is 9.74. The molecule has 0 bridgehead atoms. The summed E-state index contributed by atoms with van der Waals surface area (Å²) in [5, 5.41) is 15.4. The van der Waals surface area contributed by atoms with Crippen LogP contribution in [0.2, 0.25) is 0 Å². The Morgan fingerprint density at radius 1 is 0.460 bits per heavy atom. The van der Waals surface area contributed by atoms with Crippen molar-refractivity contribution in [3.63, 3.8) is 0 Å². The molecule has 0 atom stereocenters. The molecule has 5 heteroatoms. The number of fused-ring (bicyclic) bond motifs is 8. The molecule has 5 nitrogen and oxygen atoms in total. The molecule has 7 aromatic carbocycles. The highest BCUT2D eigenvalue weighted by Gasteiger charge is 2.21. The molecule has 0 fully saturated rings. The topological polar surface area (TPSA) is 59.4 Å². The quantitative estimate of drug-likeness (QED) is 0.193. The Morgan fingerprint density at radius 2 is 1.10 bits per heavy atom. The van der Waals surface area contributed by atoms with E-state index in [0.29, 0.717) is 11.4 Å². The summed E-state index contributed by atoms with van der Waals surface area (Å²) in [6.07, 6.45) is 0. The van der Waals surface area contributed by atoms with Crippen LogP contribution in [0.15, 0.2) is 164 Å². The zero-order chi connectivity index (χ0) is 33.2. The summed E-state index contributed by atoms with van der Waals surface area (Å²) < 4.78 is 4.78. The van der Waals surface area contributed by atoms with Crippen LogP contribution in [-0.2, 0) is 0 Å². The first kappa shape index (κ1) is 28.0. The standard InChI is InChI=1S/C45H27N5/c46-28-29-19-24-36-38(27-29)47-45(31-11-3-1-4-12-31)48-43(36)30-20-22-33(23-21-30)49-40-18-10-8-16-37(40)42-41(49)26-25-35-34-15-7-9-17-39(34)50(44(35)42)32-13-5-2-6-14-32/h1-27H. The predicted octanol–water partition coefficient (Wildman–Crippen LogP) is 11.0. The van der Waals surface area contributed by atoms with Gasteiger partial charge in [0.2, 0.25) is 0 Å². The van der Waals surface area contributed by atoms with Crippen LogP contribution in [0.5, 0.6) is 0 Å². The second kappa shape index (κ2) is 11.0. The number of nitriles is 1. The third-order valence-electron chi connectivity index (χ3n) is 9.74. The van der Waals surface area contributed by atoms with Gasteiger partial charge >= 0.3 is 0 Å². The molecule has 0 saturated heterocycles. The number of nitrogens with zero attached hydrogens (tertiary/aromatic N) is 5. The molecule has 0 aliphatic carbocycles. The van der Waals surface area contributed by atoms with Crippen LogP contribution in [0, 0.1) is 11.3 Å². The Labute approximate surface area is 287 Å². The summed E-state index contributed by atoms with van der Waals surface area (Å²) >= 11 is 0. The Balaban J connectivity index is 1.20. The number of benzene rings is 7. The first-order chi connectivity index (χ1) is 24.8. The Morgan fingerprint density at radius 3 is 1.86 bits per heavy atom. The van der Waals surface area contributed by atoms with Gasteiger partial charge in [-0.05, 0) is 60.7 Å². The van der Waals surface area contributed by atoms with Crippen LogP contribution in [0.3, 0.4) is 0 Å². The molecule has 0 aliphatic heterocycles. The molecule has 10 aromatic rings. The van der Waals surface area contributed by atoms with Crippen molar-refractivity contribution in [3.05, 3.63) is 169 Å². The Hall–Kier alpha value is -7.03. The lowest BCUT2D eigenvalue weighted by Crippen LogP contribution is -1.97. The van der Waals surface area contributed by atoms with Crippen molar-refractivity contribution in [2.24, 2.45) is 0 Å². The van der Waals surface area contributed by atoms with Gasteiger partial charge < -0.3 is 9.13 Å². The molecule has 10 rings (SSSR count). The van der Waals surface area contributed by atoms with E-state index < -0.39 is 0 Å². The first-order valence-electron chi connectivity index (χ1n) is 16.7. The molecule has 0 radical (unpaired) electrons. The number of hydrogen-bond acceptors (Lipinski definition) is 3. The molecule has 0 N–H and O–H groups in total. The Kier molecular flexibility index (Phi) is 6.17. The lowest BCUT2D eigenvalue weighted by Gasteiger charge is -2.12. The van der Waals surface area contributed by atoms with E-state index >= 15 is 0 Å². The Bertz CT molecular complexity index is 2970. The van der Waals surface area contributed by atoms with Crippen LogP contribution in [0.25, 0.3) is 88.5 Å². The maximum absolute atomic E-state index is 9.61. The highest BCUT2D eigenvalue weighted by molar-refractivity contribution is 6.26. The molecular weight excluding hydrogens is 611 g/mol. The number of rotatable bonds is 4. The van der Waals surface area contributed by atoms with Crippen molar-refractivity contribution in [3.8, 4) is 40.1 Å². The normalized spacial score (nSPS) is 11.6. The van der Waals surface area contributed by atoms with Crippen LogP contribution in [-0.4, -0.2) is 19.1 Å². The van der Waals surface area contributed by atoms with Gasteiger partial charge in [0.05, 0.1) is 44.9 Å². The SMILES string of the molecule is N#Cc1ccc2c(-c3ccc(-n4c5ccccc5c5c4ccc4c6ccccc6n(-c6ccccc6)c45)cc3)nc(-c3ccccc3)nc2c1. The lowest BCUT2D eigenvalue weighted by molar-refractivity contribution is 1.17. The highest BCUT2D eigenvalue weighted by Crippen LogP contribution is 2.42. The minimum absolute atomic E-state index is 0.572. The summed E-state index contributed by atoms with van der Waals surface area (Å²) in [6.45, 7) is 0. The molecule has 232 valence electrons. The molecule has 50 heavy (non-hydrogen) atoms. The summed E-state index contributed by atoms with van der Waals surface area (Å²) in [6, 6.07) is 59.1. The predicted molar refractivity (Wildman–Crippen MR) is 204 cm³/mol.